The van der Waals surface area contributed by atoms with Crippen molar-refractivity contribution in [2.45, 2.75) is 12.8 Å². The van der Waals surface area contributed by atoms with Gasteiger partial charge >= 0.3 is 0 Å². The summed E-state index contributed by atoms with van der Waals surface area (Å²) in [7, 11) is 1.50. The van der Waals surface area contributed by atoms with Crippen LogP contribution in [-0.2, 0) is 5.92 Å². The first kappa shape index (κ1) is 23.7. The summed E-state index contributed by atoms with van der Waals surface area (Å²) in [4.78, 5) is 12.7. The Morgan fingerprint density at radius 3 is 2.32 bits per heavy atom. The van der Waals surface area contributed by atoms with Gasteiger partial charge < -0.3 is 10.1 Å². The molecule has 1 aromatic heterocycles. The van der Waals surface area contributed by atoms with Crippen molar-refractivity contribution < 1.29 is 18.3 Å². The van der Waals surface area contributed by atoms with E-state index in [0.29, 0.717) is 44.0 Å². The molecular weight excluding hydrogens is 483 g/mol. The van der Waals surface area contributed by atoms with Crippen molar-refractivity contribution in [2.24, 2.45) is 0 Å². The number of anilines is 1. The SMILES string of the molecule is COc1ccc(NC(=O)c2ccc(-c3cc(C(C)(F)F)nn3-c3ccccc3Cl)cc2)cc1Cl. The average Bonchev–Trinajstić information content (AvgIpc) is 3.25. The van der Waals surface area contributed by atoms with Gasteiger partial charge in [-0.25, -0.2) is 4.68 Å². The summed E-state index contributed by atoms with van der Waals surface area (Å²) in [5, 5.41) is 7.61. The van der Waals surface area contributed by atoms with E-state index in [2.05, 4.69) is 10.4 Å². The molecule has 0 saturated carbocycles. The number of hydrogen-bond acceptors (Lipinski definition) is 3. The molecule has 1 N–H and O–H groups in total. The molecule has 1 amide bonds. The number of benzene rings is 3. The lowest BCUT2D eigenvalue weighted by Gasteiger charge is -2.11. The first-order valence-electron chi connectivity index (χ1n) is 10.2. The molecule has 1 heterocycles. The highest BCUT2D eigenvalue weighted by Gasteiger charge is 2.30. The van der Waals surface area contributed by atoms with E-state index in [0.717, 1.165) is 6.92 Å². The number of methoxy groups -OCH3 is 1. The molecule has 0 unspecified atom stereocenters. The van der Waals surface area contributed by atoms with E-state index in [4.69, 9.17) is 27.9 Å². The number of para-hydroxylation sites is 1. The number of hydrogen-bond donors (Lipinski definition) is 1. The number of nitrogens with one attached hydrogen (secondary N) is 1. The summed E-state index contributed by atoms with van der Waals surface area (Å²) in [5.41, 5.74) is 1.96. The van der Waals surface area contributed by atoms with Gasteiger partial charge in [0.25, 0.3) is 11.8 Å². The normalized spacial score (nSPS) is 11.4. The summed E-state index contributed by atoms with van der Waals surface area (Å²) in [6, 6.07) is 19.6. The summed E-state index contributed by atoms with van der Waals surface area (Å²) >= 11 is 12.4. The van der Waals surface area contributed by atoms with Crippen molar-refractivity contribution in [1.82, 2.24) is 9.78 Å². The Morgan fingerprint density at radius 1 is 1.00 bits per heavy atom. The quantitative estimate of drug-likeness (QED) is 0.303. The number of halogens is 4. The van der Waals surface area contributed by atoms with Crippen LogP contribution in [0.4, 0.5) is 14.5 Å². The molecule has 174 valence electrons. The second-order valence-corrected chi connectivity index (χ2v) is 8.36. The van der Waals surface area contributed by atoms with Crippen LogP contribution in [0.1, 0.15) is 23.0 Å². The molecule has 0 radical (unpaired) electrons. The topological polar surface area (TPSA) is 56.1 Å². The molecule has 0 aliphatic rings. The van der Waals surface area contributed by atoms with Gasteiger partial charge in [-0.05, 0) is 48.5 Å². The highest BCUT2D eigenvalue weighted by Crippen LogP contribution is 2.34. The predicted octanol–water partition coefficient (Wildman–Crippen LogP) is 7.22. The van der Waals surface area contributed by atoms with Gasteiger partial charge in [0, 0.05) is 23.7 Å². The number of ether oxygens (including phenoxy) is 1. The molecule has 4 rings (SSSR count). The molecule has 9 heteroatoms. The van der Waals surface area contributed by atoms with E-state index in [1.54, 1.807) is 66.7 Å². The van der Waals surface area contributed by atoms with Gasteiger partial charge in [0.2, 0.25) is 0 Å². The minimum atomic E-state index is -3.14. The molecule has 0 aliphatic heterocycles. The highest BCUT2D eigenvalue weighted by molar-refractivity contribution is 6.32. The fraction of sp³-hybridized carbons (Fsp3) is 0.120. The summed E-state index contributed by atoms with van der Waals surface area (Å²) < 4.78 is 34.6. The number of aromatic nitrogens is 2. The number of alkyl halides is 2. The van der Waals surface area contributed by atoms with E-state index >= 15 is 0 Å². The van der Waals surface area contributed by atoms with Crippen LogP contribution in [0.25, 0.3) is 16.9 Å². The van der Waals surface area contributed by atoms with Gasteiger partial charge in [0.1, 0.15) is 11.4 Å². The molecule has 0 aliphatic carbocycles. The Kier molecular flexibility index (Phi) is 6.59. The Balaban J connectivity index is 1.65. The van der Waals surface area contributed by atoms with Gasteiger partial charge in [0.15, 0.2) is 0 Å². The van der Waals surface area contributed by atoms with E-state index in [-0.39, 0.29) is 11.6 Å². The largest absolute Gasteiger partial charge is 0.495 e. The third-order valence-corrected chi connectivity index (χ3v) is 5.71. The lowest BCUT2D eigenvalue weighted by atomic mass is 10.1. The van der Waals surface area contributed by atoms with Crippen LogP contribution < -0.4 is 10.1 Å². The minimum absolute atomic E-state index is 0.354. The zero-order valence-corrected chi connectivity index (χ0v) is 19.7. The fourth-order valence-electron chi connectivity index (χ4n) is 3.35. The zero-order chi connectivity index (χ0) is 24.5. The van der Waals surface area contributed by atoms with Crippen LogP contribution in [-0.4, -0.2) is 22.8 Å². The van der Waals surface area contributed by atoms with E-state index in [1.165, 1.54) is 17.9 Å². The second kappa shape index (κ2) is 9.44. The maximum atomic E-state index is 14.1. The van der Waals surface area contributed by atoms with Gasteiger partial charge in [0.05, 0.1) is 28.5 Å². The van der Waals surface area contributed by atoms with Crippen molar-refractivity contribution in [3.8, 4) is 22.7 Å². The van der Waals surface area contributed by atoms with Gasteiger partial charge in [-0.2, -0.15) is 13.9 Å². The molecule has 0 fully saturated rings. The lowest BCUT2D eigenvalue weighted by molar-refractivity contribution is 0.0124. The van der Waals surface area contributed by atoms with Crippen LogP contribution in [0.2, 0.25) is 10.0 Å². The number of carbonyl (C=O) groups is 1. The van der Waals surface area contributed by atoms with Crippen molar-refractivity contribution in [3.63, 3.8) is 0 Å². The van der Waals surface area contributed by atoms with Crippen LogP contribution in [0.3, 0.4) is 0 Å². The van der Waals surface area contributed by atoms with Crippen LogP contribution in [0.15, 0.2) is 72.8 Å². The first-order chi connectivity index (χ1) is 16.2. The van der Waals surface area contributed by atoms with Gasteiger partial charge in [-0.1, -0.05) is 47.5 Å². The molecule has 34 heavy (non-hydrogen) atoms. The standard InChI is InChI=1S/C25H19Cl2F2N3O2/c1-25(28,29)23-14-21(32(31-23)20-6-4-3-5-18(20)26)15-7-9-16(10-8-15)24(33)30-17-11-12-22(34-2)19(27)13-17/h3-14H,1-2H3,(H,30,33). The molecule has 5 nitrogen and oxygen atoms in total. The van der Waals surface area contributed by atoms with Crippen LogP contribution in [0, 0.1) is 0 Å². The van der Waals surface area contributed by atoms with Crippen molar-refractivity contribution >= 4 is 34.8 Å². The van der Waals surface area contributed by atoms with Crippen molar-refractivity contribution in [3.05, 3.63) is 94.1 Å². The van der Waals surface area contributed by atoms with E-state index in [9.17, 15) is 13.6 Å². The number of nitrogens with zero attached hydrogens (tertiary/aromatic N) is 2. The lowest BCUT2D eigenvalue weighted by Crippen LogP contribution is -2.11. The fourth-order valence-corrected chi connectivity index (χ4v) is 3.82. The Labute approximate surface area is 204 Å². The Hall–Kier alpha value is -3.42. The van der Waals surface area contributed by atoms with E-state index in [1.807, 2.05) is 0 Å². The van der Waals surface area contributed by atoms with E-state index < -0.39 is 5.92 Å². The monoisotopic (exact) mass is 501 g/mol. The third kappa shape index (κ3) is 4.90. The maximum Gasteiger partial charge on any atom is 0.288 e. The summed E-state index contributed by atoms with van der Waals surface area (Å²) in [6.07, 6.45) is 0. The molecule has 0 saturated heterocycles. The summed E-state index contributed by atoms with van der Waals surface area (Å²) in [5.74, 6) is -3.00. The minimum Gasteiger partial charge on any atom is -0.495 e. The number of amides is 1. The zero-order valence-electron chi connectivity index (χ0n) is 18.2. The summed E-state index contributed by atoms with van der Waals surface area (Å²) in [6.45, 7) is 0.787. The molecule has 0 bridgehead atoms. The van der Waals surface area contributed by atoms with Crippen LogP contribution >= 0.6 is 23.2 Å². The highest BCUT2D eigenvalue weighted by atomic mass is 35.5. The molecule has 4 aromatic rings. The second-order valence-electron chi connectivity index (χ2n) is 7.55. The smallest absolute Gasteiger partial charge is 0.288 e. The molecular formula is C25H19Cl2F2N3O2. The van der Waals surface area contributed by atoms with Crippen LogP contribution in [0.5, 0.6) is 5.75 Å². The molecule has 0 spiro atoms. The maximum absolute atomic E-state index is 14.1. The first-order valence-corrected chi connectivity index (χ1v) is 10.9. The third-order valence-electron chi connectivity index (χ3n) is 5.09. The van der Waals surface area contributed by atoms with Gasteiger partial charge in [-0.3, -0.25) is 4.79 Å². The average molecular weight is 502 g/mol. The predicted molar refractivity (Wildman–Crippen MR) is 130 cm³/mol. The Morgan fingerprint density at radius 2 is 1.71 bits per heavy atom. The number of carbonyl (C=O) groups excluding carboxylic acids is 1. The molecule has 3 aromatic carbocycles. The Bertz CT molecular complexity index is 1350. The molecule has 0 atom stereocenters. The van der Waals surface area contributed by atoms with Crippen molar-refractivity contribution in [2.75, 3.05) is 12.4 Å². The number of rotatable bonds is 6. The van der Waals surface area contributed by atoms with Gasteiger partial charge in [-0.15, -0.1) is 0 Å². The van der Waals surface area contributed by atoms with Crippen molar-refractivity contribution in [1.29, 1.82) is 0 Å².